The quantitative estimate of drug-likeness (QED) is 0.531. The fourth-order valence-electron chi connectivity index (χ4n) is 0.765. The molecule has 1 nitrogen and oxygen atoms in total. The van der Waals surface area contributed by atoms with Crippen molar-refractivity contribution in [3.63, 3.8) is 0 Å². The van der Waals surface area contributed by atoms with Crippen molar-refractivity contribution in [2.75, 3.05) is 12.4 Å². The van der Waals surface area contributed by atoms with Crippen molar-refractivity contribution in [3.8, 4) is 0 Å². The van der Waals surface area contributed by atoms with E-state index in [-0.39, 0.29) is 0 Å². The summed E-state index contributed by atoms with van der Waals surface area (Å²) >= 11 is 1.88. The van der Waals surface area contributed by atoms with Crippen LogP contribution in [0.1, 0.15) is 13.8 Å². The normalized spacial score (nSPS) is 19.2. The Kier molecular flexibility index (Phi) is 1.84. The summed E-state index contributed by atoms with van der Waals surface area (Å²) in [6.45, 7) is 5.49. The van der Waals surface area contributed by atoms with Gasteiger partial charge in [-0.15, -0.1) is 11.8 Å². The largest absolute Gasteiger partial charge is 0.365 e. The molecule has 2 heteroatoms. The van der Waals surface area contributed by atoms with E-state index in [0.29, 0.717) is 0 Å². The van der Waals surface area contributed by atoms with Crippen molar-refractivity contribution in [3.05, 3.63) is 11.1 Å². The molecule has 0 atom stereocenters. The zero-order valence-corrected chi connectivity index (χ0v) is 6.16. The molecule has 1 aliphatic rings. The van der Waals surface area contributed by atoms with Gasteiger partial charge in [-0.25, -0.2) is 0 Å². The van der Waals surface area contributed by atoms with E-state index in [1.54, 1.807) is 0 Å². The van der Waals surface area contributed by atoms with Crippen molar-refractivity contribution in [1.82, 2.24) is 4.90 Å². The maximum atomic E-state index is 2.35. The lowest BCUT2D eigenvalue weighted by atomic mass is 10.5. The minimum absolute atomic E-state index is 1.15. The van der Waals surface area contributed by atoms with Crippen LogP contribution >= 0.6 is 11.8 Å². The number of allylic oxidation sites excluding steroid dienone is 1. The molecule has 0 spiro atoms. The van der Waals surface area contributed by atoms with Crippen LogP contribution < -0.4 is 0 Å². The van der Waals surface area contributed by atoms with Crippen LogP contribution in [-0.2, 0) is 0 Å². The van der Waals surface area contributed by atoms with Crippen molar-refractivity contribution < 1.29 is 0 Å². The Balaban J connectivity index is 2.46. The van der Waals surface area contributed by atoms with Gasteiger partial charge in [0.25, 0.3) is 0 Å². The van der Waals surface area contributed by atoms with Gasteiger partial charge in [-0.05, 0) is 19.3 Å². The van der Waals surface area contributed by atoms with Gasteiger partial charge in [-0.2, -0.15) is 0 Å². The van der Waals surface area contributed by atoms with Crippen LogP contribution in [0.4, 0.5) is 0 Å². The molecular weight excluding hydrogens is 118 g/mol. The second-order valence-electron chi connectivity index (χ2n) is 1.91. The summed E-state index contributed by atoms with van der Waals surface area (Å²) < 4.78 is 0. The Morgan fingerprint density at radius 2 is 2.62 bits per heavy atom. The van der Waals surface area contributed by atoms with E-state index in [0.717, 1.165) is 12.4 Å². The average Bonchev–Trinajstić information content (AvgIpc) is 2.14. The number of rotatable bonds is 1. The van der Waals surface area contributed by atoms with Gasteiger partial charge in [0.1, 0.15) is 0 Å². The molecule has 1 heterocycles. The highest BCUT2D eigenvalue weighted by atomic mass is 32.2. The molecule has 0 aromatic rings. The summed E-state index contributed by atoms with van der Waals surface area (Å²) in [5.41, 5.74) is 1.41. The summed E-state index contributed by atoms with van der Waals surface area (Å²) in [6.07, 6.45) is 0. The van der Waals surface area contributed by atoms with Crippen molar-refractivity contribution in [2.45, 2.75) is 13.8 Å². The minimum Gasteiger partial charge on any atom is -0.365 e. The average molecular weight is 129 g/mol. The van der Waals surface area contributed by atoms with E-state index in [4.69, 9.17) is 0 Å². The second kappa shape index (κ2) is 2.44. The Bertz CT molecular complexity index is 109. The Morgan fingerprint density at radius 3 is 2.88 bits per heavy atom. The third-order valence-electron chi connectivity index (χ3n) is 1.36. The van der Waals surface area contributed by atoms with Gasteiger partial charge in [-0.1, -0.05) is 0 Å². The van der Waals surface area contributed by atoms with Crippen molar-refractivity contribution >= 4 is 11.8 Å². The highest BCUT2D eigenvalue weighted by molar-refractivity contribution is 8.02. The smallest absolute Gasteiger partial charge is 0.0677 e. The lowest BCUT2D eigenvalue weighted by molar-refractivity contribution is 0.435. The van der Waals surface area contributed by atoms with Crippen molar-refractivity contribution in [2.24, 2.45) is 0 Å². The zero-order valence-electron chi connectivity index (χ0n) is 5.35. The number of hydrogen-bond acceptors (Lipinski definition) is 2. The molecule has 1 rings (SSSR count). The van der Waals surface area contributed by atoms with Gasteiger partial charge in [0.15, 0.2) is 0 Å². The van der Waals surface area contributed by atoms with Gasteiger partial charge in [-0.3, -0.25) is 0 Å². The maximum Gasteiger partial charge on any atom is 0.0677 e. The topological polar surface area (TPSA) is 3.24 Å². The van der Waals surface area contributed by atoms with Crippen LogP contribution in [0, 0.1) is 0 Å². The van der Waals surface area contributed by atoms with Crippen LogP contribution in [0.25, 0.3) is 0 Å². The molecule has 0 saturated heterocycles. The lowest BCUT2D eigenvalue weighted by Gasteiger charge is -2.14. The van der Waals surface area contributed by atoms with Gasteiger partial charge >= 0.3 is 0 Å². The molecule has 0 N–H and O–H groups in total. The second-order valence-corrected chi connectivity index (χ2v) is 2.74. The Morgan fingerprint density at radius 1 is 1.88 bits per heavy atom. The van der Waals surface area contributed by atoms with E-state index >= 15 is 0 Å². The first kappa shape index (κ1) is 6.02. The highest BCUT2D eigenvalue weighted by Crippen LogP contribution is 2.21. The van der Waals surface area contributed by atoms with E-state index < -0.39 is 0 Å². The van der Waals surface area contributed by atoms with Crippen LogP contribution in [0.3, 0.4) is 0 Å². The first-order chi connectivity index (χ1) is 3.84. The molecule has 0 bridgehead atoms. The van der Waals surface area contributed by atoms with Crippen LogP contribution in [0.2, 0.25) is 0 Å². The van der Waals surface area contributed by atoms with Gasteiger partial charge in [0.2, 0.25) is 0 Å². The number of nitrogens with zero attached hydrogens (tertiary/aromatic N) is 1. The number of thioether (sulfide) groups is 1. The fourth-order valence-corrected chi connectivity index (χ4v) is 1.80. The predicted molar refractivity (Wildman–Crippen MR) is 38.6 cm³/mol. The summed E-state index contributed by atoms with van der Waals surface area (Å²) in [6, 6.07) is 0. The summed E-state index contributed by atoms with van der Waals surface area (Å²) in [7, 11) is 0. The molecule has 0 amide bonds. The molecule has 0 unspecified atom stereocenters. The van der Waals surface area contributed by atoms with E-state index in [2.05, 4.69) is 24.2 Å². The van der Waals surface area contributed by atoms with E-state index in [1.165, 1.54) is 5.70 Å². The highest BCUT2D eigenvalue weighted by Gasteiger charge is 2.06. The molecule has 46 valence electrons. The monoisotopic (exact) mass is 129 g/mol. The first-order valence-corrected chi connectivity index (χ1v) is 3.92. The lowest BCUT2D eigenvalue weighted by Crippen LogP contribution is -2.15. The zero-order chi connectivity index (χ0) is 5.98. The Hall–Kier alpha value is -0.110. The van der Waals surface area contributed by atoms with Crippen LogP contribution in [0.5, 0.6) is 0 Å². The first-order valence-electron chi connectivity index (χ1n) is 2.88. The van der Waals surface area contributed by atoms with Crippen LogP contribution in [0.15, 0.2) is 11.1 Å². The molecule has 0 aromatic carbocycles. The molecule has 0 aromatic heterocycles. The summed E-state index contributed by atoms with van der Waals surface area (Å²) in [4.78, 5) is 2.35. The predicted octanol–water partition coefficient (Wildman–Crippen LogP) is 1.87. The molecule has 0 aliphatic carbocycles. The summed E-state index contributed by atoms with van der Waals surface area (Å²) in [5, 5.41) is 2.21. The SMILES string of the molecule is CCN1CSC=C1C. The minimum atomic E-state index is 1.15. The van der Waals surface area contributed by atoms with Gasteiger partial charge in [0, 0.05) is 12.2 Å². The number of hydrogen-bond donors (Lipinski definition) is 0. The third-order valence-corrected chi connectivity index (χ3v) is 2.33. The van der Waals surface area contributed by atoms with E-state index in [9.17, 15) is 0 Å². The van der Waals surface area contributed by atoms with Gasteiger partial charge in [0.05, 0.1) is 5.88 Å². The molecule has 1 aliphatic heterocycles. The molecule has 0 radical (unpaired) electrons. The standard InChI is InChI=1S/C6H11NS/c1-3-7-5-8-4-6(7)2/h4H,3,5H2,1-2H3. The molecular formula is C6H11NS. The molecule has 0 fully saturated rings. The molecule has 0 saturated carbocycles. The van der Waals surface area contributed by atoms with Crippen molar-refractivity contribution in [1.29, 1.82) is 0 Å². The Labute approximate surface area is 54.8 Å². The maximum absolute atomic E-state index is 2.35. The third kappa shape index (κ3) is 0.996. The fraction of sp³-hybridized carbons (Fsp3) is 0.667. The van der Waals surface area contributed by atoms with Gasteiger partial charge < -0.3 is 4.90 Å². The van der Waals surface area contributed by atoms with Crippen LogP contribution in [-0.4, -0.2) is 17.3 Å². The molecule has 8 heavy (non-hydrogen) atoms. The van der Waals surface area contributed by atoms with E-state index in [1.807, 2.05) is 11.8 Å². The summed E-state index contributed by atoms with van der Waals surface area (Å²) in [5.74, 6) is 1.16.